The van der Waals surface area contributed by atoms with Crippen LogP contribution in [0.25, 0.3) is 11.2 Å². The molecule has 2 aliphatic heterocycles. The fourth-order valence-electron chi connectivity index (χ4n) is 4.27. The molecule has 30 heavy (non-hydrogen) atoms. The number of amides is 2. The first-order chi connectivity index (χ1) is 14.5. The maximum Gasteiger partial charge on any atom is 0.294 e. The van der Waals surface area contributed by atoms with Gasteiger partial charge in [0.15, 0.2) is 11.5 Å². The van der Waals surface area contributed by atoms with Crippen molar-refractivity contribution in [2.24, 2.45) is 13.0 Å². The number of carbonyl (C=O) groups is 2. The highest BCUT2D eigenvalue weighted by Crippen LogP contribution is 2.21. The smallest absolute Gasteiger partial charge is 0.294 e. The van der Waals surface area contributed by atoms with Crippen LogP contribution in [-0.4, -0.2) is 64.0 Å². The SMILES string of the molecule is Cn1c(=O)c(N2CCC(C(=O)NCCCN3CCCC3=O)CC2)nc2cccnc21. The molecule has 2 saturated heterocycles. The molecule has 0 aromatic carbocycles. The van der Waals surface area contributed by atoms with E-state index in [0.717, 1.165) is 19.4 Å². The maximum atomic E-state index is 12.7. The predicted molar refractivity (Wildman–Crippen MR) is 113 cm³/mol. The lowest BCUT2D eigenvalue weighted by Gasteiger charge is -2.32. The fourth-order valence-corrected chi connectivity index (χ4v) is 4.27. The molecule has 2 aromatic heterocycles. The Hall–Kier alpha value is -2.97. The third kappa shape index (κ3) is 4.15. The summed E-state index contributed by atoms with van der Waals surface area (Å²) in [6.45, 7) is 3.37. The lowest BCUT2D eigenvalue weighted by Crippen LogP contribution is -2.43. The first kappa shape index (κ1) is 20.3. The molecule has 1 N–H and O–H groups in total. The second-order valence-electron chi connectivity index (χ2n) is 8.04. The molecule has 0 radical (unpaired) electrons. The number of hydrogen-bond donors (Lipinski definition) is 1. The van der Waals surface area contributed by atoms with Crippen molar-refractivity contribution < 1.29 is 9.59 Å². The lowest BCUT2D eigenvalue weighted by atomic mass is 9.96. The molecule has 0 saturated carbocycles. The van der Waals surface area contributed by atoms with Crippen molar-refractivity contribution in [3.8, 4) is 0 Å². The Bertz CT molecular complexity index is 996. The molecule has 2 aromatic rings. The highest BCUT2D eigenvalue weighted by Gasteiger charge is 2.27. The van der Waals surface area contributed by atoms with Crippen molar-refractivity contribution in [3.05, 3.63) is 28.7 Å². The van der Waals surface area contributed by atoms with Crippen LogP contribution in [0.3, 0.4) is 0 Å². The summed E-state index contributed by atoms with van der Waals surface area (Å²) in [6, 6.07) is 3.65. The van der Waals surface area contributed by atoms with Gasteiger partial charge in [-0.1, -0.05) is 0 Å². The van der Waals surface area contributed by atoms with E-state index in [1.165, 1.54) is 4.57 Å². The Labute approximate surface area is 175 Å². The standard InChI is InChI=1S/C21H28N6O3/c1-25-18-16(5-2-9-22-18)24-19(21(25)30)27-13-7-15(8-14-27)20(29)23-10-4-12-26-11-3-6-17(26)28/h2,5,9,15H,3-4,6-8,10-14H2,1H3,(H,23,29). The molecule has 2 fully saturated rings. The summed E-state index contributed by atoms with van der Waals surface area (Å²) in [6.07, 6.45) is 5.39. The Morgan fingerprint density at radius 1 is 1.23 bits per heavy atom. The molecule has 9 heteroatoms. The van der Waals surface area contributed by atoms with Crippen LogP contribution in [-0.2, 0) is 16.6 Å². The van der Waals surface area contributed by atoms with Gasteiger partial charge in [-0.2, -0.15) is 0 Å². The molecule has 160 valence electrons. The number of nitrogens with zero attached hydrogens (tertiary/aromatic N) is 5. The Balaban J connectivity index is 1.29. The topological polar surface area (TPSA) is 100 Å². The number of rotatable bonds is 6. The van der Waals surface area contributed by atoms with Crippen LogP contribution in [0, 0.1) is 5.92 Å². The summed E-state index contributed by atoms with van der Waals surface area (Å²) < 4.78 is 1.53. The van der Waals surface area contributed by atoms with Gasteiger partial charge >= 0.3 is 0 Å². The summed E-state index contributed by atoms with van der Waals surface area (Å²) >= 11 is 0. The van der Waals surface area contributed by atoms with Crippen molar-refractivity contribution in [3.63, 3.8) is 0 Å². The quantitative estimate of drug-likeness (QED) is 0.700. The van der Waals surface area contributed by atoms with E-state index in [1.54, 1.807) is 19.3 Å². The van der Waals surface area contributed by atoms with Gasteiger partial charge in [0.1, 0.15) is 5.52 Å². The van der Waals surface area contributed by atoms with Gasteiger partial charge in [0.2, 0.25) is 11.8 Å². The fraction of sp³-hybridized carbons (Fsp3) is 0.571. The third-order valence-corrected chi connectivity index (χ3v) is 6.05. The van der Waals surface area contributed by atoms with E-state index in [-0.39, 0.29) is 23.3 Å². The van der Waals surface area contributed by atoms with E-state index in [2.05, 4.69) is 15.3 Å². The van der Waals surface area contributed by atoms with Crippen LogP contribution < -0.4 is 15.8 Å². The van der Waals surface area contributed by atoms with Crippen molar-refractivity contribution in [1.29, 1.82) is 0 Å². The number of anilines is 1. The highest BCUT2D eigenvalue weighted by atomic mass is 16.2. The number of aryl methyl sites for hydroxylation is 1. The van der Waals surface area contributed by atoms with Gasteiger partial charge in [0.05, 0.1) is 0 Å². The van der Waals surface area contributed by atoms with Crippen molar-refractivity contribution in [2.45, 2.75) is 32.1 Å². The van der Waals surface area contributed by atoms with Gasteiger partial charge in [0, 0.05) is 58.3 Å². The molecule has 0 unspecified atom stereocenters. The van der Waals surface area contributed by atoms with E-state index in [0.29, 0.717) is 62.4 Å². The Morgan fingerprint density at radius 3 is 2.77 bits per heavy atom. The molecule has 2 amide bonds. The minimum Gasteiger partial charge on any atom is -0.356 e. The average molecular weight is 412 g/mol. The minimum atomic E-state index is -0.166. The summed E-state index contributed by atoms with van der Waals surface area (Å²) in [5, 5.41) is 3.01. The van der Waals surface area contributed by atoms with E-state index < -0.39 is 0 Å². The number of pyridine rings is 1. The molecule has 9 nitrogen and oxygen atoms in total. The molecule has 0 atom stereocenters. The summed E-state index contributed by atoms with van der Waals surface area (Å²) in [5.74, 6) is 0.650. The Kier molecular flexibility index (Phi) is 5.96. The van der Waals surface area contributed by atoms with Gasteiger partial charge in [-0.05, 0) is 37.8 Å². The Morgan fingerprint density at radius 2 is 2.03 bits per heavy atom. The van der Waals surface area contributed by atoms with Crippen molar-refractivity contribution in [2.75, 3.05) is 37.6 Å². The number of carbonyl (C=O) groups excluding carboxylic acids is 2. The molecular weight excluding hydrogens is 384 g/mol. The van der Waals surface area contributed by atoms with Gasteiger partial charge in [-0.25, -0.2) is 9.97 Å². The molecule has 0 spiro atoms. The van der Waals surface area contributed by atoms with Gasteiger partial charge < -0.3 is 15.1 Å². The van der Waals surface area contributed by atoms with Gasteiger partial charge in [-0.15, -0.1) is 0 Å². The summed E-state index contributed by atoms with van der Waals surface area (Å²) in [5.41, 5.74) is 1.09. The lowest BCUT2D eigenvalue weighted by molar-refractivity contribution is -0.127. The molecule has 0 aliphatic carbocycles. The maximum absolute atomic E-state index is 12.7. The monoisotopic (exact) mass is 412 g/mol. The first-order valence-electron chi connectivity index (χ1n) is 10.7. The zero-order valence-electron chi connectivity index (χ0n) is 17.3. The number of hydrogen-bond acceptors (Lipinski definition) is 6. The largest absolute Gasteiger partial charge is 0.356 e. The molecule has 4 heterocycles. The molecular formula is C21H28N6O3. The van der Waals surface area contributed by atoms with Crippen LogP contribution >= 0.6 is 0 Å². The first-order valence-corrected chi connectivity index (χ1v) is 10.7. The summed E-state index contributed by atoms with van der Waals surface area (Å²) in [4.78, 5) is 49.4. The second kappa shape index (κ2) is 8.81. The molecule has 2 aliphatic rings. The number of nitrogens with one attached hydrogen (secondary N) is 1. The normalized spacial score (nSPS) is 17.7. The van der Waals surface area contributed by atoms with E-state index in [9.17, 15) is 14.4 Å². The van der Waals surface area contributed by atoms with Gasteiger partial charge in [-0.3, -0.25) is 19.0 Å². The average Bonchev–Trinajstić information content (AvgIpc) is 3.18. The zero-order valence-corrected chi connectivity index (χ0v) is 17.3. The summed E-state index contributed by atoms with van der Waals surface area (Å²) in [7, 11) is 1.71. The van der Waals surface area contributed by atoms with Crippen molar-refractivity contribution >= 4 is 28.8 Å². The number of likely N-dealkylation sites (tertiary alicyclic amines) is 1. The number of piperidine rings is 1. The zero-order chi connectivity index (χ0) is 21.1. The second-order valence-corrected chi connectivity index (χ2v) is 8.04. The van der Waals surface area contributed by atoms with Crippen molar-refractivity contribution in [1.82, 2.24) is 24.8 Å². The van der Waals surface area contributed by atoms with E-state index in [4.69, 9.17) is 0 Å². The highest BCUT2D eigenvalue weighted by molar-refractivity contribution is 5.79. The number of aromatic nitrogens is 3. The molecule has 4 rings (SSSR count). The van der Waals surface area contributed by atoms with Gasteiger partial charge in [0.25, 0.3) is 5.56 Å². The van der Waals surface area contributed by atoms with E-state index >= 15 is 0 Å². The third-order valence-electron chi connectivity index (χ3n) is 6.05. The van der Waals surface area contributed by atoms with E-state index in [1.807, 2.05) is 15.9 Å². The minimum absolute atomic E-state index is 0.0550. The van der Waals surface area contributed by atoms with Crippen LogP contribution in [0.15, 0.2) is 23.1 Å². The van der Waals surface area contributed by atoms with Crippen LogP contribution in [0.2, 0.25) is 0 Å². The number of fused-ring (bicyclic) bond motifs is 1. The predicted octanol–water partition coefficient (Wildman–Crippen LogP) is 0.674. The van der Waals surface area contributed by atoms with Crippen LogP contribution in [0.5, 0.6) is 0 Å². The van der Waals surface area contributed by atoms with Crippen LogP contribution in [0.4, 0.5) is 5.82 Å². The van der Waals surface area contributed by atoms with Crippen LogP contribution in [0.1, 0.15) is 32.1 Å². The molecule has 0 bridgehead atoms.